The largest absolute Gasteiger partial charge is 0.481 e. The Morgan fingerprint density at radius 1 is 0.773 bits per heavy atom. The summed E-state index contributed by atoms with van der Waals surface area (Å²) in [6.45, 7) is 0. The molecule has 0 amide bonds. The van der Waals surface area contributed by atoms with Crippen molar-refractivity contribution in [1.29, 1.82) is 0 Å². The molecule has 4 unspecified atom stereocenters. The van der Waals surface area contributed by atoms with Crippen LogP contribution in [0, 0.1) is 58.7 Å². The van der Waals surface area contributed by atoms with Crippen LogP contribution in [0.3, 0.4) is 0 Å². The monoisotopic (exact) mass is 300 g/mol. The molecule has 0 bridgehead atoms. The predicted molar refractivity (Wildman–Crippen MR) is 83.0 cm³/mol. The number of carboxylic acids is 1. The number of hydrogen-bond donors (Lipinski definition) is 1. The maximum Gasteiger partial charge on any atom is 0.306 e. The fraction of sp³-hybridized carbons (Fsp3) is 0.950. The highest BCUT2D eigenvalue weighted by Gasteiger charge is 3.01. The molecule has 1 N–H and O–H groups in total. The van der Waals surface area contributed by atoms with Gasteiger partial charge < -0.3 is 5.11 Å². The number of hydrogen-bond acceptors (Lipinski definition) is 1. The SMILES string of the molecule is O=C(O)C1CCC(C2CCC(C3C4C3C43C4CC43)CC2)CC1. The average molecular weight is 300 g/mol. The van der Waals surface area contributed by atoms with Crippen LogP contribution in [-0.2, 0) is 4.79 Å². The molecule has 4 atom stereocenters. The summed E-state index contributed by atoms with van der Waals surface area (Å²) in [7, 11) is 0. The van der Waals surface area contributed by atoms with Crippen molar-refractivity contribution in [1.82, 2.24) is 0 Å². The third-order valence-electron chi connectivity index (χ3n) is 9.24. The van der Waals surface area contributed by atoms with Crippen LogP contribution in [0.4, 0.5) is 0 Å². The Kier molecular flexibility index (Phi) is 2.29. The number of carboxylic acid groups (broad SMARTS) is 1. The van der Waals surface area contributed by atoms with Crippen LogP contribution in [-0.4, -0.2) is 11.1 Å². The Morgan fingerprint density at radius 3 is 1.73 bits per heavy atom. The van der Waals surface area contributed by atoms with E-state index in [9.17, 15) is 4.79 Å². The van der Waals surface area contributed by atoms with E-state index in [0.29, 0.717) is 0 Å². The maximum atomic E-state index is 11.1. The molecule has 0 aliphatic heterocycles. The Balaban J connectivity index is 0.994. The minimum absolute atomic E-state index is 0.0349. The van der Waals surface area contributed by atoms with Crippen molar-refractivity contribution in [2.45, 2.75) is 57.8 Å². The fourth-order valence-electron chi connectivity index (χ4n) is 7.81. The highest BCUT2D eigenvalue weighted by atomic mass is 16.4. The number of aliphatic carboxylic acids is 1. The summed E-state index contributed by atoms with van der Waals surface area (Å²) < 4.78 is 0. The Morgan fingerprint density at radius 2 is 1.27 bits per heavy atom. The molecule has 0 saturated heterocycles. The second-order valence-electron chi connectivity index (χ2n) is 9.70. The van der Waals surface area contributed by atoms with Gasteiger partial charge in [-0.05, 0) is 111 Å². The van der Waals surface area contributed by atoms with Crippen LogP contribution < -0.4 is 0 Å². The van der Waals surface area contributed by atoms with Gasteiger partial charge in [-0.1, -0.05) is 0 Å². The summed E-state index contributed by atoms with van der Waals surface area (Å²) in [5.41, 5.74) is 1.01. The molecule has 0 radical (unpaired) electrons. The van der Waals surface area contributed by atoms with Crippen molar-refractivity contribution in [3.05, 3.63) is 0 Å². The van der Waals surface area contributed by atoms with Gasteiger partial charge in [-0.3, -0.25) is 4.79 Å². The summed E-state index contributed by atoms with van der Waals surface area (Å²) in [6, 6.07) is 0. The van der Waals surface area contributed by atoms with E-state index in [1.807, 2.05) is 0 Å². The van der Waals surface area contributed by atoms with Crippen LogP contribution >= 0.6 is 0 Å². The van der Waals surface area contributed by atoms with E-state index in [2.05, 4.69) is 0 Å². The van der Waals surface area contributed by atoms with Gasteiger partial charge in [0.1, 0.15) is 0 Å². The quantitative estimate of drug-likeness (QED) is 0.848. The third kappa shape index (κ3) is 1.46. The second kappa shape index (κ2) is 3.92. The Bertz CT molecular complexity index is 504. The van der Waals surface area contributed by atoms with Crippen molar-refractivity contribution >= 4 is 5.97 Å². The first-order valence-corrected chi connectivity index (χ1v) is 9.95. The molecule has 120 valence electrons. The van der Waals surface area contributed by atoms with Gasteiger partial charge in [0.05, 0.1) is 5.92 Å². The van der Waals surface area contributed by atoms with Crippen LogP contribution in [0.5, 0.6) is 0 Å². The number of rotatable bonds is 3. The lowest BCUT2D eigenvalue weighted by atomic mass is 9.67. The molecule has 6 fully saturated rings. The standard InChI is InChI=1S/C20H28O2/c21-19(22)13-7-3-11(4-8-13)10-1-5-12(6-2-10)16-17-18(16)20(17)14-9-15(14)20/h10-18H,1-9H2,(H,21,22). The normalized spacial score (nSPS) is 63.7. The van der Waals surface area contributed by atoms with Crippen LogP contribution in [0.25, 0.3) is 0 Å². The lowest BCUT2D eigenvalue weighted by Crippen LogP contribution is -2.29. The van der Waals surface area contributed by atoms with Crippen LogP contribution in [0.15, 0.2) is 0 Å². The van der Waals surface area contributed by atoms with E-state index in [4.69, 9.17) is 5.11 Å². The molecule has 0 aromatic rings. The summed E-state index contributed by atoms with van der Waals surface area (Å²) in [4.78, 5) is 11.1. The Labute approximate surface area is 133 Å². The molecule has 6 rings (SSSR count). The molecule has 0 aromatic carbocycles. The van der Waals surface area contributed by atoms with Gasteiger partial charge in [0.2, 0.25) is 0 Å². The zero-order valence-electron chi connectivity index (χ0n) is 13.4. The molecule has 0 aromatic heterocycles. The highest BCUT2D eigenvalue weighted by molar-refractivity contribution is 5.70. The average Bonchev–Trinajstić information content (AvgIpc) is 3.33. The van der Waals surface area contributed by atoms with Crippen LogP contribution in [0.2, 0.25) is 0 Å². The zero-order valence-corrected chi connectivity index (χ0v) is 13.4. The topological polar surface area (TPSA) is 37.3 Å². The van der Waals surface area contributed by atoms with E-state index < -0.39 is 5.97 Å². The summed E-state index contributed by atoms with van der Waals surface area (Å²) in [5.74, 6) is 8.39. The summed E-state index contributed by atoms with van der Waals surface area (Å²) in [5, 5.41) is 9.14. The molecule has 6 saturated carbocycles. The van der Waals surface area contributed by atoms with E-state index in [1.165, 1.54) is 68.1 Å². The summed E-state index contributed by atoms with van der Waals surface area (Å²) in [6.07, 6.45) is 11.8. The van der Waals surface area contributed by atoms with Crippen molar-refractivity contribution in [3.63, 3.8) is 0 Å². The molecule has 6 aliphatic rings. The van der Waals surface area contributed by atoms with Crippen LogP contribution in [0.1, 0.15) is 57.8 Å². The van der Waals surface area contributed by atoms with Crippen molar-refractivity contribution < 1.29 is 9.90 Å². The van der Waals surface area contributed by atoms with E-state index >= 15 is 0 Å². The van der Waals surface area contributed by atoms with Crippen molar-refractivity contribution in [2.75, 3.05) is 0 Å². The zero-order chi connectivity index (χ0) is 14.6. The van der Waals surface area contributed by atoms with E-state index in [0.717, 1.165) is 36.0 Å². The second-order valence-corrected chi connectivity index (χ2v) is 9.70. The molecular weight excluding hydrogens is 272 g/mol. The van der Waals surface area contributed by atoms with Gasteiger partial charge in [0.25, 0.3) is 0 Å². The molecule has 2 heteroatoms. The summed E-state index contributed by atoms with van der Waals surface area (Å²) >= 11 is 0. The van der Waals surface area contributed by atoms with Gasteiger partial charge in [0, 0.05) is 0 Å². The number of carbonyl (C=O) groups is 1. The van der Waals surface area contributed by atoms with Gasteiger partial charge in [0.15, 0.2) is 0 Å². The minimum atomic E-state index is -0.554. The first kappa shape index (κ1) is 12.8. The van der Waals surface area contributed by atoms with E-state index in [1.54, 1.807) is 6.42 Å². The first-order chi connectivity index (χ1) is 10.7. The number of fused-ring (bicyclic) bond motifs is 6. The molecule has 1 spiro atoms. The predicted octanol–water partition coefficient (Wildman–Crippen LogP) is 4.20. The third-order valence-corrected chi connectivity index (χ3v) is 9.24. The fourth-order valence-corrected chi connectivity index (χ4v) is 7.81. The van der Waals surface area contributed by atoms with Crippen molar-refractivity contribution in [3.8, 4) is 0 Å². The Hall–Kier alpha value is -0.530. The lowest BCUT2D eigenvalue weighted by molar-refractivity contribution is -0.143. The molecule has 22 heavy (non-hydrogen) atoms. The van der Waals surface area contributed by atoms with Crippen molar-refractivity contribution in [2.24, 2.45) is 58.7 Å². The highest BCUT2D eigenvalue weighted by Crippen LogP contribution is 3.05. The molecule has 6 aliphatic carbocycles. The van der Waals surface area contributed by atoms with Gasteiger partial charge in [-0.25, -0.2) is 0 Å². The molecule has 0 heterocycles. The van der Waals surface area contributed by atoms with Gasteiger partial charge >= 0.3 is 5.97 Å². The maximum absolute atomic E-state index is 11.1. The molecule has 2 nitrogen and oxygen atoms in total. The first-order valence-electron chi connectivity index (χ1n) is 9.95. The van der Waals surface area contributed by atoms with E-state index in [-0.39, 0.29) is 5.92 Å². The lowest BCUT2D eigenvalue weighted by Gasteiger charge is -2.38. The smallest absolute Gasteiger partial charge is 0.306 e. The minimum Gasteiger partial charge on any atom is -0.481 e. The van der Waals surface area contributed by atoms with Gasteiger partial charge in [-0.15, -0.1) is 0 Å². The molecular formula is C20H28O2. The van der Waals surface area contributed by atoms with Gasteiger partial charge in [-0.2, -0.15) is 0 Å².